The van der Waals surface area contributed by atoms with Crippen LogP contribution in [0, 0.1) is 12.7 Å². The normalized spacial score (nSPS) is 11.9. The number of rotatable bonds is 6. The molecule has 1 atom stereocenters. The number of hydrogen-bond donors (Lipinski definition) is 2. The van der Waals surface area contributed by atoms with Gasteiger partial charge in [0.1, 0.15) is 11.6 Å². The molecule has 0 aliphatic rings. The standard InChI is InChI=1S/C20H15Cl2FN2O4/c1-10-18(25-20(29-10)11-5-2-3-8-14(11)23)19(28)24-15(9-16(26)27)12-6-4-7-13(21)17(12)22/h2-8,15H,9H2,1H3,(H,24,28)(H,26,27)/t15-/m0/s1. The number of nitrogens with one attached hydrogen (secondary N) is 1. The summed E-state index contributed by atoms with van der Waals surface area (Å²) in [4.78, 5) is 28.1. The van der Waals surface area contributed by atoms with Crippen LogP contribution in [-0.4, -0.2) is 22.0 Å². The average Bonchev–Trinajstić information content (AvgIpc) is 3.05. The Morgan fingerprint density at radius 1 is 1.21 bits per heavy atom. The fourth-order valence-corrected chi connectivity index (χ4v) is 3.23. The van der Waals surface area contributed by atoms with E-state index in [1.54, 1.807) is 24.3 Å². The van der Waals surface area contributed by atoms with Crippen molar-refractivity contribution in [1.82, 2.24) is 10.3 Å². The van der Waals surface area contributed by atoms with Gasteiger partial charge < -0.3 is 14.8 Å². The van der Waals surface area contributed by atoms with Crippen LogP contribution in [0.3, 0.4) is 0 Å². The van der Waals surface area contributed by atoms with Crippen molar-refractivity contribution in [3.8, 4) is 11.5 Å². The molecule has 9 heteroatoms. The van der Waals surface area contributed by atoms with Crippen LogP contribution in [-0.2, 0) is 4.79 Å². The lowest BCUT2D eigenvalue weighted by atomic mass is 10.0. The number of aliphatic carboxylic acids is 1. The third-order valence-electron chi connectivity index (χ3n) is 4.16. The molecule has 0 unspecified atom stereocenters. The quantitative estimate of drug-likeness (QED) is 0.564. The summed E-state index contributed by atoms with van der Waals surface area (Å²) in [5.74, 6) is -2.27. The Balaban J connectivity index is 1.92. The number of amides is 1. The van der Waals surface area contributed by atoms with Gasteiger partial charge in [0.15, 0.2) is 5.69 Å². The van der Waals surface area contributed by atoms with E-state index in [1.165, 1.54) is 25.1 Å². The Morgan fingerprint density at radius 2 is 1.93 bits per heavy atom. The van der Waals surface area contributed by atoms with Crippen LogP contribution >= 0.6 is 23.2 Å². The number of carbonyl (C=O) groups is 2. The minimum Gasteiger partial charge on any atom is -0.481 e. The van der Waals surface area contributed by atoms with E-state index in [0.717, 1.165) is 0 Å². The van der Waals surface area contributed by atoms with Gasteiger partial charge in [-0.1, -0.05) is 47.5 Å². The number of benzene rings is 2. The molecule has 3 rings (SSSR count). The van der Waals surface area contributed by atoms with Gasteiger partial charge >= 0.3 is 5.97 Å². The molecule has 0 fully saturated rings. The highest BCUT2D eigenvalue weighted by Gasteiger charge is 2.26. The highest BCUT2D eigenvalue weighted by Crippen LogP contribution is 2.32. The maximum atomic E-state index is 14.0. The average molecular weight is 437 g/mol. The van der Waals surface area contributed by atoms with Gasteiger partial charge in [0.05, 0.1) is 28.1 Å². The maximum absolute atomic E-state index is 14.0. The van der Waals surface area contributed by atoms with E-state index in [0.29, 0.717) is 5.56 Å². The van der Waals surface area contributed by atoms with Gasteiger partial charge in [0.25, 0.3) is 5.91 Å². The fourth-order valence-electron chi connectivity index (χ4n) is 2.79. The first-order valence-electron chi connectivity index (χ1n) is 8.46. The summed E-state index contributed by atoms with van der Waals surface area (Å²) in [5.41, 5.74) is 0.372. The largest absolute Gasteiger partial charge is 0.481 e. The second-order valence-corrected chi connectivity index (χ2v) is 6.96. The van der Waals surface area contributed by atoms with Crippen LogP contribution in [0.5, 0.6) is 0 Å². The van der Waals surface area contributed by atoms with Crippen molar-refractivity contribution < 1.29 is 23.5 Å². The van der Waals surface area contributed by atoms with Crippen LogP contribution in [0.1, 0.15) is 34.3 Å². The Morgan fingerprint density at radius 3 is 2.62 bits per heavy atom. The number of halogens is 3. The highest BCUT2D eigenvalue weighted by atomic mass is 35.5. The van der Waals surface area contributed by atoms with E-state index >= 15 is 0 Å². The van der Waals surface area contributed by atoms with Gasteiger partial charge in [-0.15, -0.1) is 0 Å². The van der Waals surface area contributed by atoms with E-state index in [9.17, 15) is 19.1 Å². The molecule has 1 amide bonds. The maximum Gasteiger partial charge on any atom is 0.305 e. The van der Waals surface area contributed by atoms with Crippen molar-refractivity contribution in [3.63, 3.8) is 0 Å². The molecule has 2 aromatic carbocycles. The van der Waals surface area contributed by atoms with Gasteiger partial charge in [0, 0.05) is 0 Å². The fraction of sp³-hybridized carbons (Fsp3) is 0.150. The molecular formula is C20H15Cl2FN2O4. The summed E-state index contributed by atoms with van der Waals surface area (Å²) in [6, 6.07) is 9.62. The second kappa shape index (κ2) is 8.63. The molecular weight excluding hydrogens is 422 g/mol. The predicted molar refractivity (Wildman–Crippen MR) is 106 cm³/mol. The smallest absolute Gasteiger partial charge is 0.305 e. The third kappa shape index (κ3) is 4.58. The van der Waals surface area contributed by atoms with Crippen molar-refractivity contribution in [3.05, 3.63) is 75.3 Å². The lowest BCUT2D eigenvalue weighted by Gasteiger charge is -2.18. The number of aryl methyl sites for hydroxylation is 1. The summed E-state index contributed by atoms with van der Waals surface area (Å²) in [6.45, 7) is 1.50. The number of carboxylic acid groups (broad SMARTS) is 1. The van der Waals surface area contributed by atoms with Gasteiger partial charge in [-0.2, -0.15) is 0 Å². The van der Waals surface area contributed by atoms with Crippen LogP contribution in [0.4, 0.5) is 4.39 Å². The summed E-state index contributed by atoms with van der Waals surface area (Å²) >= 11 is 12.2. The van der Waals surface area contributed by atoms with Crippen LogP contribution in [0.15, 0.2) is 46.9 Å². The third-order valence-corrected chi connectivity index (χ3v) is 4.99. The molecule has 1 aromatic heterocycles. The predicted octanol–water partition coefficient (Wildman–Crippen LogP) is 5.04. The number of nitrogens with zero attached hydrogens (tertiary/aromatic N) is 1. The van der Waals surface area contributed by atoms with Crippen molar-refractivity contribution in [2.24, 2.45) is 0 Å². The molecule has 0 aliphatic carbocycles. The Bertz CT molecular complexity index is 1080. The first-order valence-corrected chi connectivity index (χ1v) is 9.22. The van der Waals surface area contributed by atoms with Crippen molar-refractivity contribution in [1.29, 1.82) is 0 Å². The molecule has 0 bridgehead atoms. The summed E-state index contributed by atoms with van der Waals surface area (Å²) in [6.07, 6.45) is -0.428. The molecule has 2 N–H and O–H groups in total. The number of hydrogen-bond acceptors (Lipinski definition) is 4. The minimum absolute atomic E-state index is 0.0543. The van der Waals surface area contributed by atoms with E-state index in [2.05, 4.69) is 10.3 Å². The topological polar surface area (TPSA) is 92.4 Å². The molecule has 150 valence electrons. The van der Waals surface area contributed by atoms with Gasteiger partial charge in [-0.3, -0.25) is 9.59 Å². The second-order valence-electron chi connectivity index (χ2n) is 6.17. The molecule has 0 spiro atoms. The van der Waals surface area contributed by atoms with Gasteiger partial charge in [0.2, 0.25) is 5.89 Å². The highest BCUT2D eigenvalue weighted by molar-refractivity contribution is 6.42. The number of oxazole rings is 1. The van der Waals surface area contributed by atoms with Crippen LogP contribution in [0.25, 0.3) is 11.5 Å². The number of aromatic nitrogens is 1. The molecule has 0 aliphatic heterocycles. The van der Waals surface area contributed by atoms with E-state index in [-0.39, 0.29) is 33.0 Å². The molecule has 3 aromatic rings. The Hall–Kier alpha value is -2.90. The van der Waals surface area contributed by atoms with E-state index < -0.39 is 30.2 Å². The summed E-state index contributed by atoms with van der Waals surface area (Å²) in [7, 11) is 0. The molecule has 1 heterocycles. The van der Waals surface area contributed by atoms with Crippen molar-refractivity contribution in [2.45, 2.75) is 19.4 Å². The lowest BCUT2D eigenvalue weighted by molar-refractivity contribution is -0.137. The van der Waals surface area contributed by atoms with Crippen LogP contribution < -0.4 is 5.32 Å². The zero-order valence-electron chi connectivity index (χ0n) is 15.1. The van der Waals surface area contributed by atoms with Crippen molar-refractivity contribution in [2.75, 3.05) is 0 Å². The van der Waals surface area contributed by atoms with Gasteiger partial charge in [-0.05, 0) is 30.7 Å². The minimum atomic E-state index is -1.14. The molecule has 6 nitrogen and oxygen atoms in total. The van der Waals surface area contributed by atoms with Crippen LogP contribution in [0.2, 0.25) is 10.0 Å². The first-order chi connectivity index (χ1) is 13.8. The molecule has 0 saturated carbocycles. The van der Waals surface area contributed by atoms with Crippen molar-refractivity contribution >= 4 is 35.1 Å². The number of carbonyl (C=O) groups excluding carboxylic acids is 1. The Kier molecular flexibility index (Phi) is 6.20. The summed E-state index contributed by atoms with van der Waals surface area (Å²) < 4.78 is 19.4. The Labute approximate surface area is 175 Å². The first kappa shape index (κ1) is 20.8. The zero-order valence-corrected chi connectivity index (χ0v) is 16.6. The van der Waals surface area contributed by atoms with E-state index in [1.807, 2.05) is 0 Å². The van der Waals surface area contributed by atoms with E-state index in [4.69, 9.17) is 27.6 Å². The molecule has 0 saturated heterocycles. The molecule has 29 heavy (non-hydrogen) atoms. The monoisotopic (exact) mass is 436 g/mol. The summed E-state index contributed by atoms with van der Waals surface area (Å²) in [5, 5.41) is 12.2. The number of carboxylic acids is 1. The zero-order chi connectivity index (χ0) is 21.1. The SMILES string of the molecule is Cc1oc(-c2ccccc2F)nc1C(=O)N[C@@H](CC(=O)O)c1cccc(Cl)c1Cl. The molecule has 0 radical (unpaired) electrons. The van der Waals surface area contributed by atoms with Gasteiger partial charge in [-0.25, -0.2) is 9.37 Å². The lowest BCUT2D eigenvalue weighted by Crippen LogP contribution is -2.31.